The number of rotatable bonds is 4. The summed E-state index contributed by atoms with van der Waals surface area (Å²) in [6.07, 6.45) is 6.27. The number of aliphatic imine (C=N–C) groups is 2. The molecule has 3 heteroatoms. The molecule has 3 nitrogen and oxygen atoms in total. The van der Waals surface area contributed by atoms with Gasteiger partial charge in [-0.3, -0.25) is 0 Å². The summed E-state index contributed by atoms with van der Waals surface area (Å²) in [5.41, 5.74) is 8.46. The first kappa shape index (κ1) is 29.1. The summed E-state index contributed by atoms with van der Waals surface area (Å²) in [5.74, 6) is 0.626. The highest BCUT2D eigenvalue weighted by Gasteiger charge is 2.20. The Bertz CT molecular complexity index is 2960. The van der Waals surface area contributed by atoms with E-state index in [1.54, 1.807) is 0 Å². The summed E-state index contributed by atoms with van der Waals surface area (Å²) in [5, 5.41) is 9.17. The predicted molar refractivity (Wildman–Crippen MR) is 215 cm³/mol. The second-order valence-corrected chi connectivity index (χ2v) is 13.0. The van der Waals surface area contributed by atoms with Crippen molar-refractivity contribution < 1.29 is 4.42 Å². The lowest BCUT2D eigenvalue weighted by Gasteiger charge is -2.15. The first-order chi connectivity index (χ1) is 25.3. The number of amidine groups is 1. The molecule has 0 N–H and O–H groups in total. The average molecular weight is 651 g/mol. The summed E-state index contributed by atoms with van der Waals surface area (Å²) in [4.78, 5) is 10.9. The number of hydrogen-bond acceptors (Lipinski definition) is 3. The molecule has 238 valence electrons. The molecule has 1 aromatic heterocycles. The Balaban J connectivity index is 1.27. The molecule has 0 amide bonds. The molecule has 9 aromatic rings. The molecule has 1 aliphatic heterocycles. The van der Waals surface area contributed by atoms with Gasteiger partial charge in [-0.15, -0.1) is 0 Å². The molecule has 10 rings (SSSR count). The number of benzene rings is 8. The molecular weight excluding hydrogens is 621 g/mol. The van der Waals surface area contributed by atoms with E-state index in [1.165, 1.54) is 26.9 Å². The lowest BCUT2D eigenvalue weighted by atomic mass is 9.94. The van der Waals surface area contributed by atoms with Gasteiger partial charge in [0.2, 0.25) is 0 Å². The minimum absolute atomic E-state index is 0.626. The zero-order valence-electron chi connectivity index (χ0n) is 27.6. The maximum atomic E-state index is 6.59. The van der Waals surface area contributed by atoms with E-state index in [9.17, 15) is 0 Å². The van der Waals surface area contributed by atoms with Crippen molar-refractivity contribution in [3.63, 3.8) is 0 Å². The summed E-state index contributed by atoms with van der Waals surface area (Å²) < 4.78 is 6.59. The van der Waals surface area contributed by atoms with Crippen molar-refractivity contribution in [1.29, 1.82) is 0 Å². The standard InChI is InChI=1S/C48H30N2O/c1-2-14-32(15-3-1)43-22-12-23-44(41-28-35-17-6-7-18-37(35)38-19-8-9-20-39(38)41)50-48(49-43)42-29-36(34-26-25-31-13-4-5-16-33(31)27-34)30-46-47(42)40-21-10-11-24-45(40)51-46/h1-30H. The Morgan fingerprint density at radius 2 is 1.12 bits per heavy atom. The van der Waals surface area contributed by atoms with E-state index >= 15 is 0 Å². The first-order valence-corrected chi connectivity index (χ1v) is 17.2. The van der Waals surface area contributed by atoms with Crippen LogP contribution >= 0.6 is 0 Å². The fraction of sp³-hybridized carbons (Fsp3) is 0. The topological polar surface area (TPSA) is 37.9 Å². The molecule has 0 saturated carbocycles. The molecule has 0 fully saturated rings. The van der Waals surface area contributed by atoms with Gasteiger partial charge in [-0.1, -0.05) is 140 Å². The molecule has 2 heterocycles. The summed E-state index contributed by atoms with van der Waals surface area (Å²) in [7, 11) is 0. The van der Waals surface area contributed by atoms with Gasteiger partial charge < -0.3 is 4.42 Å². The van der Waals surface area contributed by atoms with Gasteiger partial charge in [0.25, 0.3) is 0 Å². The molecule has 0 aliphatic carbocycles. The van der Waals surface area contributed by atoms with Crippen LogP contribution in [0.3, 0.4) is 0 Å². The number of furan rings is 1. The van der Waals surface area contributed by atoms with E-state index in [1.807, 2.05) is 30.3 Å². The van der Waals surface area contributed by atoms with Crippen molar-refractivity contribution in [2.24, 2.45) is 9.98 Å². The van der Waals surface area contributed by atoms with Gasteiger partial charge in [-0.25, -0.2) is 9.98 Å². The van der Waals surface area contributed by atoms with Crippen LogP contribution in [0.2, 0.25) is 0 Å². The molecule has 8 aromatic carbocycles. The maximum Gasteiger partial charge on any atom is 0.161 e. The number of hydrogen-bond donors (Lipinski definition) is 0. The molecule has 1 aliphatic rings. The van der Waals surface area contributed by atoms with E-state index in [0.717, 1.165) is 66.6 Å². The minimum Gasteiger partial charge on any atom is -0.456 e. The number of fused-ring (bicyclic) bond motifs is 7. The highest BCUT2D eigenvalue weighted by molar-refractivity contribution is 6.25. The Kier molecular flexibility index (Phi) is 6.81. The Morgan fingerprint density at radius 3 is 1.98 bits per heavy atom. The fourth-order valence-electron chi connectivity index (χ4n) is 7.43. The third kappa shape index (κ3) is 5.06. The van der Waals surface area contributed by atoms with Gasteiger partial charge in [-0.2, -0.15) is 0 Å². The summed E-state index contributed by atoms with van der Waals surface area (Å²) in [6, 6.07) is 57.4. The Hall–Kier alpha value is -6.84. The van der Waals surface area contributed by atoms with Gasteiger partial charge in [-0.05, 0) is 85.9 Å². The van der Waals surface area contributed by atoms with Crippen LogP contribution in [-0.4, -0.2) is 11.5 Å². The third-order valence-electron chi connectivity index (χ3n) is 9.88. The van der Waals surface area contributed by atoms with Crippen LogP contribution in [0.15, 0.2) is 196 Å². The quantitative estimate of drug-likeness (QED) is 0.175. The second kappa shape index (κ2) is 11.9. The van der Waals surface area contributed by atoms with Crippen LogP contribution < -0.4 is 0 Å². The monoisotopic (exact) mass is 650 g/mol. The Morgan fingerprint density at radius 1 is 0.412 bits per heavy atom. The average Bonchev–Trinajstić information content (AvgIpc) is 3.56. The van der Waals surface area contributed by atoms with E-state index in [4.69, 9.17) is 14.4 Å². The normalized spacial score (nSPS) is 13.4. The Labute approximate surface area is 294 Å². The molecule has 0 radical (unpaired) electrons. The smallest absolute Gasteiger partial charge is 0.161 e. The van der Waals surface area contributed by atoms with Crippen LogP contribution in [-0.2, 0) is 0 Å². The van der Waals surface area contributed by atoms with Gasteiger partial charge in [0.15, 0.2) is 5.84 Å². The lowest BCUT2D eigenvalue weighted by molar-refractivity contribution is 0.669. The summed E-state index contributed by atoms with van der Waals surface area (Å²) in [6.45, 7) is 0. The van der Waals surface area contributed by atoms with Crippen molar-refractivity contribution >= 4 is 71.5 Å². The molecule has 0 spiro atoms. The first-order valence-electron chi connectivity index (χ1n) is 17.2. The third-order valence-corrected chi connectivity index (χ3v) is 9.88. The van der Waals surface area contributed by atoms with E-state index in [-0.39, 0.29) is 0 Å². The molecule has 0 atom stereocenters. The van der Waals surface area contributed by atoms with Gasteiger partial charge in [0.05, 0.1) is 11.4 Å². The van der Waals surface area contributed by atoms with Crippen molar-refractivity contribution in [3.05, 3.63) is 199 Å². The van der Waals surface area contributed by atoms with Gasteiger partial charge in [0.1, 0.15) is 11.2 Å². The minimum atomic E-state index is 0.626. The molecule has 0 bridgehead atoms. The SMILES string of the molecule is C1=CC(c2ccccc2)=NC(c2cc(-c3ccc4ccccc4c3)cc3oc4ccccc4c23)=NC(c2cc3ccccc3c3ccccc23)=C1. The van der Waals surface area contributed by atoms with Crippen molar-refractivity contribution in [2.45, 2.75) is 0 Å². The molecule has 51 heavy (non-hydrogen) atoms. The van der Waals surface area contributed by atoms with Crippen LogP contribution in [0.5, 0.6) is 0 Å². The molecular formula is C48H30N2O. The van der Waals surface area contributed by atoms with Crippen molar-refractivity contribution in [2.75, 3.05) is 0 Å². The van der Waals surface area contributed by atoms with Crippen LogP contribution in [0.25, 0.3) is 71.1 Å². The van der Waals surface area contributed by atoms with Crippen molar-refractivity contribution in [3.8, 4) is 11.1 Å². The highest BCUT2D eigenvalue weighted by atomic mass is 16.3. The van der Waals surface area contributed by atoms with Crippen LogP contribution in [0.4, 0.5) is 0 Å². The van der Waals surface area contributed by atoms with Crippen molar-refractivity contribution in [1.82, 2.24) is 0 Å². The lowest BCUT2D eigenvalue weighted by Crippen LogP contribution is -2.07. The zero-order valence-corrected chi connectivity index (χ0v) is 27.6. The summed E-state index contributed by atoms with van der Waals surface area (Å²) >= 11 is 0. The van der Waals surface area contributed by atoms with E-state index in [0.29, 0.717) is 5.84 Å². The van der Waals surface area contributed by atoms with Crippen LogP contribution in [0, 0.1) is 0 Å². The number of para-hydroxylation sites is 1. The van der Waals surface area contributed by atoms with Gasteiger partial charge in [0, 0.05) is 27.5 Å². The number of nitrogens with zero attached hydrogens (tertiary/aromatic N) is 2. The largest absolute Gasteiger partial charge is 0.456 e. The fourth-order valence-corrected chi connectivity index (χ4v) is 7.43. The predicted octanol–water partition coefficient (Wildman–Crippen LogP) is 12.6. The molecule has 0 saturated heterocycles. The van der Waals surface area contributed by atoms with Crippen LogP contribution in [0.1, 0.15) is 16.7 Å². The molecule has 0 unspecified atom stereocenters. The maximum absolute atomic E-state index is 6.59. The van der Waals surface area contributed by atoms with E-state index < -0.39 is 0 Å². The second-order valence-electron chi connectivity index (χ2n) is 13.0. The highest BCUT2D eigenvalue weighted by Crippen LogP contribution is 2.39. The van der Waals surface area contributed by atoms with E-state index in [2.05, 4.69) is 152 Å². The number of allylic oxidation sites excluding steroid dienone is 3. The zero-order chi connectivity index (χ0) is 33.7. The van der Waals surface area contributed by atoms with Gasteiger partial charge >= 0.3 is 0 Å².